The van der Waals surface area contributed by atoms with Crippen molar-refractivity contribution in [3.63, 3.8) is 0 Å². The second-order valence-electron chi connectivity index (χ2n) is 5.49. The number of rotatable bonds is 2. The highest BCUT2D eigenvalue weighted by molar-refractivity contribution is 5.71. The smallest absolute Gasteiger partial charge is 0.307 e. The van der Waals surface area contributed by atoms with Gasteiger partial charge in [-0.05, 0) is 37.5 Å². The summed E-state index contributed by atoms with van der Waals surface area (Å²) in [5.41, 5.74) is 3.35. The molecule has 2 unspecified atom stereocenters. The standard InChI is InChI=1S/C15H19NO4/c1-8-5-12-14(20-4-3-19-12)13(9(8)2)11-6-10(7-16-11)15(17)18/h5,10-11,16H,3-4,6-7H2,1-2H3,(H,17,18). The van der Waals surface area contributed by atoms with Crippen molar-refractivity contribution in [1.29, 1.82) is 0 Å². The predicted molar refractivity (Wildman–Crippen MR) is 73.4 cm³/mol. The maximum Gasteiger partial charge on any atom is 0.307 e. The van der Waals surface area contributed by atoms with Gasteiger partial charge in [0.1, 0.15) is 13.2 Å². The number of aryl methyl sites for hydroxylation is 1. The molecule has 20 heavy (non-hydrogen) atoms. The van der Waals surface area contributed by atoms with Crippen LogP contribution in [0.5, 0.6) is 11.5 Å². The Morgan fingerprint density at radius 1 is 1.35 bits per heavy atom. The number of hydrogen-bond acceptors (Lipinski definition) is 4. The molecule has 1 aromatic rings. The molecule has 2 heterocycles. The van der Waals surface area contributed by atoms with Crippen LogP contribution in [-0.2, 0) is 4.79 Å². The van der Waals surface area contributed by atoms with Crippen molar-refractivity contribution in [3.8, 4) is 11.5 Å². The fourth-order valence-corrected chi connectivity index (χ4v) is 3.00. The molecule has 108 valence electrons. The molecule has 2 aliphatic rings. The summed E-state index contributed by atoms with van der Waals surface area (Å²) in [5, 5.41) is 12.5. The molecule has 0 aliphatic carbocycles. The molecule has 1 saturated heterocycles. The van der Waals surface area contributed by atoms with Crippen molar-refractivity contribution in [1.82, 2.24) is 5.32 Å². The number of carbonyl (C=O) groups is 1. The average molecular weight is 277 g/mol. The van der Waals surface area contributed by atoms with E-state index in [0.717, 1.165) is 28.2 Å². The van der Waals surface area contributed by atoms with Crippen LogP contribution in [0.3, 0.4) is 0 Å². The lowest BCUT2D eigenvalue weighted by atomic mass is 9.92. The van der Waals surface area contributed by atoms with Crippen LogP contribution in [0.2, 0.25) is 0 Å². The molecule has 2 N–H and O–H groups in total. The monoisotopic (exact) mass is 277 g/mol. The van der Waals surface area contributed by atoms with Crippen LogP contribution in [-0.4, -0.2) is 30.8 Å². The SMILES string of the molecule is Cc1cc2c(c(C3CC(C(=O)O)CN3)c1C)OCCO2. The summed E-state index contributed by atoms with van der Waals surface area (Å²) in [6, 6.07) is 2.02. The van der Waals surface area contributed by atoms with E-state index < -0.39 is 5.97 Å². The molecule has 1 aromatic carbocycles. The lowest BCUT2D eigenvalue weighted by Crippen LogP contribution is -2.21. The molecule has 0 spiro atoms. The summed E-state index contributed by atoms with van der Waals surface area (Å²) in [6.45, 7) is 5.70. The Balaban J connectivity index is 2.00. The molecule has 0 saturated carbocycles. The van der Waals surface area contributed by atoms with Gasteiger partial charge in [0, 0.05) is 18.2 Å². The van der Waals surface area contributed by atoms with Gasteiger partial charge in [-0.3, -0.25) is 4.79 Å². The maximum atomic E-state index is 11.1. The Labute approximate surface area is 117 Å². The first-order valence-electron chi connectivity index (χ1n) is 6.94. The lowest BCUT2D eigenvalue weighted by molar-refractivity contribution is -0.141. The molecule has 3 rings (SSSR count). The van der Waals surface area contributed by atoms with Gasteiger partial charge < -0.3 is 19.9 Å². The van der Waals surface area contributed by atoms with Gasteiger partial charge in [-0.15, -0.1) is 0 Å². The number of nitrogens with one attached hydrogen (secondary N) is 1. The molecule has 5 nitrogen and oxygen atoms in total. The Bertz CT molecular complexity index is 555. The molecule has 5 heteroatoms. The zero-order valence-electron chi connectivity index (χ0n) is 11.7. The highest BCUT2D eigenvalue weighted by atomic mass is 16.6. The van der Waals surface area contributed by atoms with Gasteiger partial charge >= 0.3 is 5.97 Å². The summed E-state index contributed by atoms with van der Waals surface area (Å²) in [6.07, 6.45) is 0.593. The number of ether oxygens (including phenoxy) is 2. The van der Waals surface area contributed by atoms with E-state index in [4.69, 9.17) is 14.6 Å². The van der Waals surface area contributed by atoms with Crippen molar-refractivity contribution in [2.45, 2.75) is 26.3 Å². The van der Waals surface area contributed by atoms with Crippen LogP contribution in [0, 0.1) is 19.8 Å². The van der Waals surface area contributed by atoms with Gasteiger partial charge in [-0.25, -0.2) is 0 Å². The molecule has 0 radical (unpaired) electrons. The van der Waals surface area contributed by atoms with Crippen LogP contribution < -0.4 is 14.8 Å². The lowest BCUT2D eigenvalue weighted by Gasteiger charge is -2.26. The fourth-order valence-electron chi connectivity index (χ4n) is 3.00. The first-order chi connectivity index (χ1) is 9.58. The van der Waals surface area contributed by atoms with Crippen molar-refractivity contribution >= 4 is 5.97 Å². The van der Waals surface area contributed by atoms with E-state index >= 15 is 0 Å². The number of benzene rings is 1. The van der Waals surface area contributed by atoms with E-state index in [0.29, 0.717) is 26.2 Å². The van der Waals surface area contributed by atoms with Crippen molar-refractivity contribution in [3.05, 3.63) is 22.8 Å². The zero-order chi connectivity index (χ0) is 14.3. The summed E-state index contributed by atoms with van der Waals surface area (Å²) in [4.78, 5) is 11.1. The number of fused-ring (bicyclic) bond motifs is 1. The molecule has 0 aromatic heterocycles. The Hall–Kier alpha value is -1.75. The highest BCUT2D eigenvalue weighted by Gasteiger charge is 2.34. The quantitative estimate of drug-likeness (QED) is 0.863. The van der Waals surface area contributed by atoms with Crippen molar-refractivity contribution < 1.29 is 19.4 Å². The first-order valence-corrected chi connectivity index (χ1v) is 6.94. The van der Waals surface area contributed by atoms with Gasteiger partial charge in [0.25, 0.3) is 0 Å². The van der Waals surface area contributed by atoms with Gasteiger partial charge in [-0.1, -0.05) is 0 Å². The van der Waals surface area contributed by atoms with Crippen molar-refractivity contribution in [2.24, 2.45) is 5.92 Å². The van der Waals surface area contributed by atoms with Gasteiger partial charge in [0.05, 0.1) is 5.92 Å². The van der Waals surface area contributed by atoms with Crippen LogP contribution >= 0.6 is 0 Å². The van der Waals surface area contributed by atoms with Crippen LogP contribution in [0.15, 0.2) is 6.07 Å². The Kier molecular flexibility index (Phi) is 3.30. The van der Waals surface area contributed by atoms with Gasteiger partial charge in [-0.2, -0.15) is 0 Å². The molecule has 1 fully saturated rings. The average Bonchev–Trinajstić information content (AvgIpc) is 2.90. The van der Waals surface area contributed by atoms with Crippen LogP contribution in [0.1, 0.15) is 29.2 Å². The van der Waals surface area contributed by atoms with Crippen molar-refractivity contribution in [2.75, 3.05) is 19.8 Å². The zero-order valence-corrected chi connectivity index (χ0v) is 11.7. The minimum absolute atomic E-state index is 0.0199. The third-order valence-electron chi connectivity index (χ3n) is 4.23. The van der Waals surface area contributed by atoms with E-state index in [-0.39, 0.29) is 12.0 Å². The molecule has 2 atom stereocenters. The third kappa shape index (κ3) is 2.12. The summed E-state index contributed by atoms with van der Waals surface area (Å²) in [7, 11) is 0. The third-order valence-corrected chi connectivity index (χ3v) is 4.23. The van der Waals surface area contributed by atoms with Gasteiger partial charge in [0.2, 0.25) is 0 Å². The molecule has 0 bridgehead atoms. The predicted octanol–water partition coefficient (Wildman–Crippen LogP) is 1.81. The largest absolute Gasteiger partial charge is 0.486 e. The summed E-state index contributed by atoms with van der Waals surface area (Å²) in [5.74, 6) is 0.481. The first kappa shape index (κ1) is 13.2. The van der Waals surface area contributed by atoms with E-state index in [9.17, 15) is 4.79 Å². The molecule has 0 amide bonds. The number of carboxylic acid groups (broad SMARTS) is 1. The molecule has 2 aliphatic heterocycles. The highest BCUT2D eigenvalue weighted by Crippen LogP contribution is 2.43. The number of carboxylic acids is 1. The Morgan fingerprint density at radius 3 is 2.80 bits per heavy atom. The maximum absolute atomic E-state index is 11.1. The van der Waals surface area contributed by atoms with Crippen LogP contribution in [0.25, 0.3) is 0 Å². The normalized spacial score (nSPS) is 24.7. The number of hydrogen-bond donors (Lipinski definition) is 2. The van der Waals surface area contributed by atoms with E-state index in [2.05, 4.69) is 12.2 Å². The van der Waals surface area contributed by atoms with E-state index in [1.165, 1.54) is 0 Å². The molecular weight excluding hydrogens is 258 g/mol. The number of aliphatic carboxylic acids is 1. The molecular formula is C15H19NO4. The second kappa shape index (κ2) is 4.98. The second-order valence-corrected chi connectivity index (χ2v) is 5.49. The minimum Gasteiger partial charge on any atom is -0.486 e. The Morgan fingerprint density at radius 2 is 2.10 bits per heavy atom. The van der Waals surface area contributed by atoms with E-state index in [1.807, 2.05) is 13.0 Å². The van der Waals surface area contributed by atoms with Gasteiger partial charge in [0.15, 0.2) is 11.5 Å². The topological polar surface area (TPSA) is 67.8 Å². The minimum atomic E-state index is -0.739. The fraction of sp³-hybridized carbons (Fsp3) is 0.533. The van der Waals surface area contributed by atoms with Crippen LogP contribution in [0.4, 0.5) is 0 Å². The summed E-state index contributed by atoms with van der Waals surface area (Å²) >= 11 is 0. The summed E-state index contributed by atoms with van der Waals surface area (Å²) < 4.78 is 11.5. The van der Waals surface area contributed by atoms with E-state index in [1.54, 1.807) is 0 Å².